The van der Waals surface area contributed by atoms with E-state index >= 15 is 0 Å². The highest BCUT2D eigenvalue weighted by molar-refractivity contribution is 5.84. The molecule has 1 aliphatic rings. The predicted octanol–water partition coefficient (Wildman–Crippen LogP) is 1.98. The van der Waals surface area contributed by atoms with E-state index in [0.29, 0.717) is 25.2 Å². The lowest BCUT2D eigenvalue weighted by Gasteiger charge is -2.26. The number of hydrogen-bond donors (Lipinski definition) is 3. The Balaban J connectivity index is 1.85. The van der Waals surface area contributed by atoms with Crippen molar-refractivity contribution in [1.82, 2.24) is 20.9 Å². The van der Waals surface area contributed by atoms with E-state index in [4.69, 9.17) is 0 Å². The lowest BCUT2D eigenvalue weighted by Crippen LogP contribution is -2.50. The minimum Gasteiger partial charge on any atom is -0.356 e. The van der Waals surface area contributed by atoms with Crippen LogP contribution in [0.25, 0.3) is 0 Å². The van der Waals surface area contributed by atoms with E-state index < -0.39 is 5.41 Å². The maximum Gasteiger partial charge on any atom is 0.227 e. The molecular weight excluding hydrogens is 338 g/mol. The highest BCUT2D eigenvalue weighted by atomic mass is 16.2. The molecule has 2 unspecified atom stereocenters. The van der Waals surface area contributed by atoms with Crippen molar-refractivity contribution in [1.29, 1.82) is 0 Å². The standard InChI is InChI=1S/C21H35N5O/c1-6-23-19(27)21(3,4)15-24-20(22-5)25-18-12-16(2)26(14-18)13-17-10-8-7-9-11-17/h7-11,16,18H,6,12-15H2,1-5H3,(H,23,27)(H2,22,24,25). The van der Waals surface area contributed by atoms with Gasteiger partial charge in [0.2, 0.25) is 5.91 Å². The van der Waals surface area contributed by atoms with Crippen LogP contribution in [-0.2, 0) is 11.3 Å². The third-order valence-electron chi connectivity index (χ3n) is 5.15. The van der Waals surface area contributed by atoms with Crippen molar-refractivity contribution in [2.75, 3.05) is 26.7 Å². The van der Waals surface area contributed by atoms with Crippen LogP contribution in [0.2, 0.25) is 0 Å². The van der Waals surface area contributed by atoms with Crippen molar-refractivity contribution in [3.8, 4) is 0 Å². The van der Waals surface area contributed by atoms with Crippen molar-refractivity contribution < 1.29 is 4.79 Å². The lowest BCUT2D eigenvalue weighted by molar-refractivity contribution is -0.128. The number of amides is 1. The van der Waals surface area contributed by atoms with Crippen LogP contribution in [0.3, 0.4) is 0 Å². The minimum absolute atomic E-state index is 0.0523. The van der Waals surface area contributed by atoms with Crippen molar-refractivity contribution in [3.63, 3.8) is 0 Å². The van der Waals surface area contributed by atoms with E-state index in [2.05, 4.69) is 63.1 Å². The molecule has 0 aliphatic carbocycles. The van der Waals surface area contributed by atoms with Gasteiger partial charge in [0.1, 0.15) is 0 Å². The van der Waals surface area contributed by atoms with E-state index in [-0.39, 0.29) is 5.91 Å². The van der Waals surface area contributed by atoms with Crippen molar-refractivity contribution >= 4 is 11.9 Å². The Labute approximate surface area is 163 Å². The average Bonchev–Trinajstić information content (AvgIpc) is 2.98. The summed E-state index contributed by atoms with van der Waals surface area (Å²) >= 11 is 0. The number of nitrogens with zero attached hydrogens (tertiary/aromatic N) is 2. The molecule has 1 saturated heterocycles. The largest absolute Gasteiger partial charge is 0.356 e. The second-order valence-electron chi connectivity index (χ2n) is 8.01. The Hall–Kier alpha value is -2.08. The van der Waals surface area contributed by atoms with Crippen molar-refractivity contribution in [2.24, 2.45) is 10.4 Å². The van der Waals surface area contributed by atoms with Crippen LogP contribution >= 0.6 is 0 Å². The number of benzene rings is 1. The van der Waals surface area contributed by atoms with E-state index in [0.717, 1.165) is 25.5 Å². The number of carbonyl (C=O) groups excluding carboxylic acids is 1. The molecule has 6 heteroatoms. The van der Waals surface area contributed by atoms with Gasteiger partial charge in [-0.3, -0.25) is 14.7 Å². The first-order valence-corrected chi connectivity index (χ1v) is 9.89. The summed E-state index contributed by atoms with van der Waals surface area (Å²) in [5, 5.41) is 9.73. The number of likely N-dealkylation sites (tertiary alicyclic amines) is 1. The van der Waals surface area contributed by atoms with Gasteiger partial charge >= 0.3 is 0 Å². The molecule has 1 amide bonds. The topological polar surface area (TPSA) is 68.8 Å². The van der Waals surface area contributed by atoms with Crippen LogP contribution in [-0.4, -0.2) is 55.5 Å². The Morgan fingerprint density at radius 2 is 1.96 bits per heavy atom. The summed E-state index contributed by atoms with van der Waals surface area (Å²) in [5.41, 5.74) is 0.854. The zero-order chi connectivity index (χ0) is 19.9. The van der Waals surface area contributed by atoms with E-state index in [9.17, 15) is 4.79 Å². The Morgan fingerprint density at radius 1 is 1.26 bits per heavy atom. The van der Waals surface area contributed by atoms with Crippen LogP contribution in [0, 0.1) is 5.41 Å². The van der Waals surface area contributed by atoms with Gasteiger partial charge in [-0.2, -0.15) is 0 Å². The molecule has 0 radical (unpaired) electrons. The number of aliphatic imine (C=N–C) groups is 1. The fourth-order valence-electron chi connectivity index (χ4n) is 3.41. The Bertz CT molecular complexity index is 629. The highest BCUT2D eigenvalue weighted by Crippen LogP contribution is 2.20. The lowest BCUT2D eigenvalue weighted by atomic mass is 9.92. The molecule has 1 fully saturated rings. The Morgan fingerprint density at radius 3 is 2.59 bits per heavy atom. The zero-order valence-electron chi connectivity index (χ0n) is 17.4. The molecule has 0 aromatic heterocycles. The van der Waals surface area contributed by atoms with Crippen LogP contribution in [0.15, 0.2) is 35.3 Å². The number of rotatable bonds is 7. The molecule has 3 N–H and O–H groups in total. The summed E-state index contributed by atoms with van der Waals surface area (Å²) in [6, 6.07) is 11.5. The zero-order valence-corrected chi connectivity index (χ0v) is 17.4. The minimum atomic E-state index is -0.490. The molecular formula is C21H35N5O. The summed E-state index contributed by atoms with van der Waals surface area (Å²) in [7, 11) is 1.77. The molecule has 0 saturated carbocycles. The molecule has 1 aliphatic heterocycles. The van der Waals surface area contributed by atoms with Gasteiger partial charge in [-0.15, -0.1) is 0 Å². The van der Waals surface area contributed by atoms with Crippen LogP contribution < -0.4 is 16.0 Å². The molecule has 0 bridgehead atoms. The highest BCUT2D eigenvalue weighted by Gasteiger charge is 2.31. The van der Waals surface area contributed by atoms with Crippen LogP contribution in [0.1, 0.15) is 39.7 Å². The summed E-state index contributed by atoms with van der Waals surface area (Å²) in [5.74, 6) is 0.808. The molecule has 1 aromatic carbocycles. The summed E-state index contributed by atoms with van der Waals surface area (Å²) in [4.78, 5) is 19.0. The summed E-state index contributed by atoms with van der Waals surface area (Å²) < 4.78 is 0. The van der Waals surface area contributed by atoms with E-state index in [1.54, 1.807) is 7.05 Å². The molecule has 2 atom stereocenters. The second kappa shape index (κ2) is 9.74. The van der Waals surface area contributed by atoms with E-state index in [1.807, 2.05) is 20.8 Å². The molecule has 150 valence electrons. The molecule has 1 aromatic rings. The number of guanidine groups is 1. The summed E-state index contributed by atoms with van der Waals surface area (Å²) in [6.07, 6.45) is 1.08. The molecule has 27 heavy (non-hydrogen) atoms. The van der Waals surface area contributed by atoms with Gasteiger partial charge in [-0.25, -0.2) is 0 Å². The first-order valence-electron chi connectivity index (χ1n) is 9.89. The quantitative estimate of drug-likeness (QED) is 0.505. The van der Waals surface area contributed by atoms with Gasteiger partial charge in [0.15, 0.2) is 5.96 Å². The van der Waals surface area contributed by atoms with Crippen molar-refractivity contribution in [2.45, 2.75) is 52.7 Å². The maximum absolute atomic E-state index is 12.2. The number of hydrogen-bond acceptors (Lipinski definition) is 3. The van der Waals surface area contributed by atoms with Gasteiger partial charge in [-0.05, 0) is 39.7 Å². The smallest absolute Gasteiger partial charge is 0.227 e. The normalized spacial score (nSPS) is 21.1. The number of nitrogens with one attached hydrogen (secondary N) is 3. The molecule has 6 nitrogen and oxygen atoms in total. The average molecular weight is 374 g/mol. The van der Waals surface area contributed by atoms with Gasteiger partial charge < -0.3 is 16.0 Å². The van der Waals surface area contributed by atoms with E-state index in [1.165, 1.54) is 5.56 Å². The molecule has 0 spiro atoms. The second-order valence-corrected chi connectivity index (χ2v) is 8.01. The predicted molar refractivity (Wildman–Crippen MR) is 112 cm³/mol. The Kier molecular flexibility index (Phi) is 7.66. The van der Waals surface area contributed by atoms with Gasteiger partial charge in [0.05, 0.1) is 5.41 Å². The van der Waals surface area contributed by atoms with Gasteiger partial charge in [0, 0.05) is 45.3 Å². The summed E-state index contributed by atoms with van der Waals surface area (Å²) in [6.45, 7) is 11.2. The van der Waals surface area contributed by atoms with Crippen LogP contribution in [0.5, 0.6) is 0 Å². The fourth-order valence-corrected chi connectivity index (χ4v) is 3.41. The maximum atomic E-state index is 12.2. The van der Waals surface area contributed by atoms with Crippen LogP contribution in [0.4, 0.5) is 0 Å². The molecule has 2 rings (SSSR count). The SMILES string of the molecule is CCNC(=O)C(C)(C)CNC(=NC)NC1CC(C)N(Cc2ccccc2)C1. The fraction of sp³-hybridized carbons (Fsp3) is 0.619. The third kappa shape index (κ3) is 6.24. The monoisotopic (exact) mass is 373 g/mol. The van der Waals surface area contributed by atoms with Gasteiger partial charge in [-0.1, -0.05) is 30.3 Å². The first kappa shape index (κ1) is 21.2. The molecule has 1 heterocycles. The number of carbonyl (C=O) groups is 1. The van der Waals surface area contributed by atoms with Gasteiger partial charge in [0.25, 0.3) is 0 Å². The van der Waals surface area contributed by atoms with Crippen molar-refractivity contribution in [3.05, 3.63) is 35.9 Å². The first-order chi connectivity index (χ1) is 12.9. The third-order valence-corrected chi connectivity index (χ3v) is 5.15.